The Morgan fingerprint density at radius 3 is 2.46 bits per heavy atom. The second-order valence-corrected chi connectivity index (χ2v) is 7.80. The standard InChI is InChI=1S/C18H14F6N2OS/c19-17(20,21)9-5-6-14-13(7-9)26-16(28-14)11(8-25)15(27)10-3-1-2-4-12(10)18(22,23)24/h5-7,10-12H,1-4H2/t10-,11+,12-/m0/s1. The van der Waals surface area contributed by atoms with Crippen LogP contribution in [0.25, 0.3) is 10.2 Å². The van der Waals surface area contributed by atoms with E-state index in [0.717, 1.165) is 23.5 Å². The van der Waals surface area contributed by atoms with Crippen molar-refractivity contribution in [1.29, 1.82) is 5.26 Å². The third-order valence-electron chi connectivity index (χ3n) is 4.94. The van der Waals surface area contributed by atoms with Gasteiger partial charge in [0.25, 0.3) is 0 Å². The van der Waals surface area contributed by atoms with Crippen molar-refractivity contribution in [2.45, 2.75) is 44.0 Å². The lowest BCUT2D eigenvalue weighted by molar-refractivity contribution is -0.197. The molecule has 1 aromatic heterocycles. The van der Waals surface area contributed by atoms with Crippen LogP contribution in [0.5, 0.6) is 0 Å². The number of nitrogens with zero attached hydrogens (tertiary/aromatic N) is 2. The Morgan fingerprint density at radius 1 is 1.18 bits per heavy atom. The highest BCUT2D eigenvalue weighted by molar-refractivity contribution is 7.18. The summed E-state index contributed by atoms with van der Waals surface area (Å²) < 4.78 is 78.7. The van der Waals surface area contributed by atoms with E-state index < -0.39 is 41.5 Å². The highest BCUT2D eigenvalue weighted by Gasteiger charge is 2.49. The second kappa shape index (κ2) is 7.35. The van der Waals surface area contributed by atoms with Crippen LogP contribution in [0, 0.1) is 23.2 Å². The Hall–Kier alpha value is -2.15. The molecule has 0 N–H and O–H groups in total. The maximum atomic E-state index is 13.3. The number of fused-ring (bicyclic) bond motifs is 1. The third-order valence-corrected chi connectivity index (χ3v) is 6.05. The van der Waals surface area contributed by atoms with Crippen LogP contribution in [0.3, 0.4) is 0 Å². The normalized spacial score (nSPS) is 22.0. The van der Waals surface area contributed by atoms with Crippen LogP contribution in [0.1, 0.15) is 42.2 Å². The summed E-state index contributed by atoms with van der Waals surface area (Å²) in [4.78, 5) is 16.7. The van der Waals surface area contributed by atoms with Crippen molar-refractivity contribution >= 4 is 27.3 Å². The summed E-state index contributed by atoms with van der Waals surface area (Å²) in [5.74, 6) is -5.54. The fourth-order valence-electron chi connectivity index (χ4n) is 3.56. The van der Waals surface area contributed by atoms with E-state index in [-0.39, 0.29) is 23.4 Å². The molecule has 1 aliphatic rings. The fourth-order valence-corrected chi connectivity index (χ4v) is 4.56. The van der Waals surface area contributed by atoms with Gasteiger partial charge in [0, 0.05) is 5.92 Å². The lowest BCUT2D eigenvalue weighted by atomic mass is 9.74. The van der Waals surface area contributed by atoms with Gasteiger partial charge in [-0.2, -0.15) is 31.6 Å². The van der Waals surface area contributed by atoms with Crippen molar-refractivity contribution in [3.8, 4) is 6.07 Å². The van der Waals surface area contributed by atoms with Gasteiger partial charge in [0.15, 0.2) is 11.7 Å². The molecule has 0 amide bonds. The number of hydrogen-bond acceptors (Lipinski definition) is 4. The summed E-state index contributed by atoms with van der Waals surface area (Å²) in [5.41, 5.74) is -0.972. The van der Waals surface area contributed by atoms with E-state index in [2.05, 4.69) is 4.98 Å². The van der Waals surface area contributed by atoms with Gasteiger partial charge < -0.3 is 0 Å². The molecule has 0 radical (unpaired) electrons. The Balaban J connectivity index is 1.94. The van der Waals surface area contributed by atoms with Gasteiger partial charge in [0.1, 0.15) is 5.01 Å². The van der Waals surface area contributed by atoms with E-state index in [1.165, 1.54) is 6.07 Å². The predicted octanol–water partition coefficient (Wildman–Crippen LogP) is 5.86. The lowest BCUT2D eigenvalue weighted by Gasteiger charge is -2.32. The highest BCUT2D eigenvalue weighted by Crippen LogP contribution is 2.44. The number of nitriles is 1. The number of hydrogen-bond donors (Lipinski definition) is 0. The number of alkyl halides is 6. The van der Waals surface area contributed by atoms with Crippen molar-refractivity contribution < 1.29 is 31.1 Å². The van der Waals surface area contributed by atoms with Gasteiger partial charge in [-0.25, -0.2) is 4.98 Å². The molecule has 3 rings (SSSR count). The molecule has 1 saturated carbocycles. The molecule has 0 unspecified atom stereocenters. The maximum Gasteiger partial charge on any atom is 0.416 e. The lowest BCUT2D eigenvalue weighted by Crippen LogP contribution is -2.39. The molecule has 3 atom stereocenters. The van der Waals surface area contributed by atoms with Crippen molar-refractivity contribution in [2.75, 3.05) is 0 Å². The van der Waals surface area contributed by atoms with Gasteiger partial charge in [-0.3, -0.25) is 4.79 Å². The van der Waals surface area contributed by atoms with Crippen LogP contribution in [-0.4, -0.2) is 16.9 Å². The first-order valence-corrected chi connectivity index (χ1v) is 9.31. The molecule has 0 spiro atoms. The molecule has 0 aliphatic heterocycles. The number of carbonyl (C=O) groups is 1. The summed E-state index contributed by atoms with van der Waals surface area (Å²) >= 11 is 0.847. The van der Waals surface area contributed by atoms with Crippen LogP contribution >= 0.6 is 11.3 Å². The van der Waals surface area contributed by atoms with E-state index in [1.807, 2.05) is 0 Å². The van der Waals surface area contributed by atoms with Crippen LogP contribution in [0.15, 0.2) is 18.2 Å². The zero-order chi connectivity index (χ0) is 20.7. The number of aromatic nitrogens is 1. The van der Waals surface area contributed by atoms with Gasteiger partial charge in [0.05, 0.1) is 27.8 Å². The minimum Gasteiger partial charge on any atom is -0.297 e. The Bertz CT molecular complexity index is 927. The van der Waals surface area contributed by atoms with Crippen LogP contribution in [0.4, 0.5) is 26.3 Å². The van der Waals surface area contributed by atoms with E-state index in [9.17, 15) is 36.4 Å². The third kappa shape index (κ3) is 3.99. The molecule has 1 aliphatic carbocycles. The molecular formula is C18H14F6N2OS. The fraction of sp³-hybridized carbons (Fsp3) is 0.500. The summed E-state index contributed by atoms with van der Waals surface area (Å²) in [6, 6.07) is 4.53. The maximum absolute atomic E-state index is 13.3. The summed E-state index contributed by atoms with van der Waals surface area (Å²) in [7, 11) is 0. The van der Waals surface area contributed by atoms with Gasteiger partial charge in [0.2, 0.25) is 0 Å². The van der Waals surface area contributed by atoms with E-state index in [1.54, 1.807) is 6.07 Å². The number of benzene rings is 1. The largest absolute Gasteiger partial charge is 0.416 e. The molecule has 2 aromatic rings. The number of Topliss-reactive ketones (excluding diaryl/α,β-unsaturated/α-hetero) is 1. The molecule has 1 heterocycles. The van der Waals surface area contributed by atoms with Crippen molar-refractivity contribution in [3.63, 3.8) is 0 Å². The smallest absolute Gasteiger partial charge is 0.297 e. The van der Waals surface area contributed by atoms with E-state index in [0.29, 0.717) is 17.5 Å². The monoisotopic (exact) mass is 420 g/mol. The SMILES string of the molecule is N#C[C@H](C(=O)[C@H]1CCCC[C@@H]1C(F)(F)F)c1nc2cc(C(F)(F)F)ccc2s1. The van der Waals surface area contributed by atoms with Gasteiger partial charge in [-0.05, 0) is 31.0 Å². The zero-order valence-corrected chi connectivity index (χ0v) is 15.1. The first-order valence-electron chi connectivity index (χ1n) is 8.50. The number of halogens is 6. The topological polar surface area (TPSA) is 53.8 Å². The van der Waals surface area contributed by atoms with Gasteiger partial charge in [-0.15, -0.1) is 11.3 Å². The minimum atomic E-state index is -4.58. The molecule has 1 aromatic carbocycles. The Kier molecular flexibility index (Phi) is 5.40. The summed E-state index contributed by atoms with van der Waals surface area (Å²) in [6.07, 6.45) is -8.46. The molecule has 150 valence electrons. The van der Waals surface area contributed by atoms with E-state index >= 15 is 0 Å². The predicted molar refractivity (Wildman–Crippen MR) is 89.5 cm³/mol. The molecule has 0 saturated heterocycles. The van der Waals surface area contributed by atoms with Crippen LogP contribution in [-0.2, 0) is 11.0 Å². The first-order chi connectivity index (χ1) is 13.0. The average Bonchev–Trinajstić information content (AvgIpc) is 3.03. The van der Waals surface area contributed by atoms with E-state index in [4.69, 9.17) is 0 Å². The Labute approximate surface area is 160 Å². The van der Waals surface area contributed by atoms with Crippen LogP contribution < -0.4 is 0 Å². The molecule has 0 bridgehead atoms. The van der Waals surface area contributed by atoms with Crippen LogP contribution in [0.2, 0.25) is 0 Å². The number of thiazole rings is 1. The van der Waals surface area contributed by atoms with Crippen molar-refractivity contribution in [2.24, 2.45) is 11.8 Å². The molecular weight excluding hydrogens is 406 g/mol. The van der Waals surface area contributed by atoms with Gasteiger partial charge >= 0.3 is 12.4 Å². The Morgan fingerprint density at radius 2 is 1.86 bits per heavy atom. The molecule has 28 heavy (non-hydrogen) atoms. The summed E-state index contributed by atoms with van der Waals surface area (Å²) in [5, 5.41) is 9.34. The summed E-state index contributed by atoms with van der Waals surface area (Å²) in [6.45, 7) is 0. The molecule has 3 nitrogen and oxygen atoms in total. The number of rotatable bonds is 3. The quantitative estimate of drug-likeness (QED) is 0.585. The molecule has 1 fully saturated rings. The second-order valence-electron chi connectivity index (χ2n) is 6.74. The zero-order valence-electron chi connectivity index (χ0n) is 14.3. The number of carbonyl (C=O) groups excluding carboxylic acids is 1. The molecule has 10 heteroatoms. The number of ketones is 1. The van der Waals surface area contributed by atoms with Crippen molar-refractivity contribution in [3.05, 3.63) is 28.8 Å². The average molecular weight is 420 g/mol. The first kappa shape index (κ1) is 20.6. The highest BCUT2D eigenvalue weighted by atomic mass is 32.1. The minimum absolute atomic E-state index is 0.0321. The van der Waals surface area contributed by atoms with Crippen molar-refractivity contribution in [1.82, 2.24) is 4.98 Å². The van der Waals surface area contributed by atoms with Gasteiger partial charge in [-0.1, -0.05) is 12.8 Å².